The smallest absolute Gasteiger partial charge is 0.251 e. The normalized spacial score (nSPS) is 15.8. The Labute approximate surface area is 119 Å². The van der Waals surface area contributed by atoms with Crippen LogP contribution in [0.3, 0.4) is 0 Å². The van der Waals surface area contributed by atoms with Gasteiger partial charge < -0.3 is 14.9 Å². The summed E-state index contributed by atoms with van der Waals surface area (Å²) in [6, 6.07) is 0. The average molecular weight is 278 g/mol. The molecule has 0 aliphatic carbocycles. The van der Waals surface area contributed by atoms with Gasteiger partial charge in [0.2, 0.25) is 0 Å². The maximum Gasteiger partial charge on any atom is 0.251 e. The van der Waals surface area contributed by atoms with Crippen molar-refractivity contribution < 1.29 is 9.90 Å². The van der Waals surface area contributed by atoms with Crippen molar-refractivity contribution in [1.29, 1.82) is 0 Å². The topological polar surface area (TPSA) is 69.6 Å². The Morgan fingerprint density at radius 3 is 2.75 bits per heavy atom. The number of hydrogen-bond acceptors (Lipinski definition) is 5. The lowest BCUT2D eigenvalue weighted by molar-refractivity contribution is -0.141. The first-order valence-electron chi connectivity index (χ1n) is 6.94. The summed E-state index contributed by atoms with van der Waals surface area (Å²) < 4.78 is 0. The molecule has 1 aliphatic rings. The van der Waals surface area contributed by atoms with Crippen LogP contribution in [-0.2, 0) is 17.8 Å². The molecule has 0 fully saturated rings. The second-order valence-electron chi connectivity index (χ2n) is 5.35. The molecule has 0 unspecified atom stereocenters. The van der Waals surface area contributed by atoms with Gasteiger partial charge in [-0.1, -0.05) is 6.92 Å². The minimum Gasteiger partial charge on any atom is -0.383 e. The number of aromatic nitrogens is 2. The molecule has 2 rings (SSSR count). The summed E-state index contributed by atoms with van der Waals surface area (Å²) in [7, 11) is 3.92. The monoisotopic (exact) mass is 278 g/mol. The van der Waals surface area contributed by atoms with Crippen LogP contribution in [0.2, 0.25) is 0 Å². The van der Waals surface area contributed by atoms with E-state index in [-0.39, 0.29) is 5.91 Å². The first-order chi connectivity index (χ1) is 9.43. The quantitative estimate of drug-likeness (QED) is 0.872. The highest BCUT2D eigenvalue weighted by Gasteiger charge is 2.28. The molecular weight excluding hydrogens is 256 g/mol. The summed E-state index contributed by atoms with van der Waals surface area (Å²) in [4.78, 5) is 24.7. The number of anilines is 1. The van der Waals surface area contributed by atoms with Crippen LogP contribution in [0.15, 0.2) is 0 Å². The summed E-state index contributed by atoms with van der Waals surface area (Å²) in [5.41, 5.74) is 2.00. The van der Waals surface area contributed by atoms with Crippen molar-refractivity contribution in [2.24, 2.45) is 0 Å². The molecule has 20 heavy (non-hydrogen) atoms. The second kappa shape index (κ2) is 5.75. The van der Waals surface area contributed by atoms with Gasteiger partial charge >= 0.3 is 0 Å². The Kier molecular flexibility index (Phi) is 4.23. The van der Waals surface area contributed by atoms with E-state index < -0.39 is 6.10 Å². The number of aliphatic hydroxyl groups is 1. The van der Waals surface area contributed by atoms with Gasteiger partial charge in [-0.25, -0.2) is 9.97 Å². The van der Waals surface area contributed by atoms with E-state index in [0.29, 0.717) is 25.3 Å². The minimum atomic E-state index is -0.909. The maximum atomic E-state index is 12.1. The molecule has 1 amide bonds. The van der Waals surface area contributed by atoms with Crippen LogP contribution in [-0.4, -0.2) is 52.6 Å². The lowest BCUT2D eigenvalue weighted by atomic mass is 10.0. The number of carbonyl (C=O) groups excluding carboxylic acids is 1. The van der Waals surface area contributed by atoms with Gasteiger partial charge in [0, 0.05) is 26.2 Å². The van der Waals surface area contributed by atoms with E-state index in [2.05, 4.69) is 9.97 Å². The molecule has 0 bridgehead atoms. The van der Waals surface area contributed by atoms with Crippen molar-refractivity contribution in [3.8, 4) is 0 Å². The molecule has 1 aromatic heterocycles. The Morgan fingerprint density at radius 2 is 2.15 bits per heavy atom. The molecular formula is C14H22N4O2. The molecule has 0 spiro atoms. The average Bonchev–Trinajstić information content (AvgIpc) is 2.43. The molecule has 2 heterocycles. The molecule has 0 aromatic carbocycles. The number of hydrogen-bond donors (Lipinski definition) is 1. The van der Waals surface area contributed by atoms with Gasteiger partial charge in [0.05, 0.1) is 12.2 Å². The number of nitrogens with zero attached hydrogens (tertiary/aromatic N) is 4. The molecule has 1 N–H and O–H groups in total. The van der Waals surface area contributed by atoms with Crippen molar-refractivity contribution in [1.82, 2.24) is 14.9 Å². The number of rotatable bonds is 3. The van der Waals surface area contributed by atoms with E-state index in [1.165, 1.54) is 0 Å². The lowest BCUT2D eigenvalue weighted by Gasteiger charge is -2.31. The Morgan fingerprint density at radius 1 is 1.45 bits per heavy atom. The van der Waals surface area contributed by atoms with Crippen LogP contribution in [0.4, 0.5) is 5.82 Å². The first kappa shape index (κ1) is 14.7. The Hall–Kier alpha value is -1.69. The summed E-state index contributed by atoms with van der Waals surface area (Å²) in [5, 5.41) is 9.69. The largest absolute Gasteiger partial charge is 0.383 e. The third-order valence-corrected chi connectivity index (χ3v) is 3.56. The SMILES string of the molecule is CC[C@@H](O)C(=O)N1CCc2c(nc(C)nc2N(C)C)C1. The zero-order valence-corrected chi connectivity index (χ0v) is 12.6. The fraction of sp³-hybridized carbons (Fsp3) is 0.643. The van der Waals surface area contributed by atoms with Crippen molar-refractivity contribution in [3.05, 3.63) is 17.1 Å². The van der Waals surface area contributed by atoms with Gasteiger partial charge in [0.1, 0.15) is 17.7 Å². The van der Waals surface area contributed by atoms with E-state index in [1.807, 2.05) is 25.9 Å². The molecule has 0 saturated heterocycles. The molecule has 0 saturated carbocycles. The van der Waals surface area contributed by atoms with E-state index in [9.17, 15) is 9.90 Å². The predicted molar refractivity (Wildman–Crippen MR) is 76.5 cm³/mol. The number of amides is 1. The summed E-state index contributed by atoms with van der Waals surface area (Å²) in [6.07, 6.45) is 0.256. The molecule has 0 radical (unpaired) electrons. The zero-order valence-electron chi connectivity index (χ0n) is 12.6. The first-order valence-corrected chi connectivity index (χ1v) is 6.94. The molecule has 1 aromatic rings. The van der Waals surface area contributed by atoms with E-state index in [1.54, 1.807) is 11.8 Å². The third kappa shape index (κ3) is 2.75. The third-order valence-electron chi connectivity index (χ3n) is 3.56. The van der Waals surface area contributed by atoms with Crippen molar-refractivity contribution >= 4 is 11.7 Å². The van der Waals surface area contributed by atoms with Crippen LogP contribution in [0.25, 0.3) is 0 Å². The molecule has 110 valence electrons. The van der Waals surface area contributed by atoms with Crippen molar-refractivity contribution in [2.45, 2.75) is 39.3 Å². The highest BCUT2D eigenvalue weighted by Crippen LogP contribution is 2.25. The summed E-state index contributed by atoms with van der Waals surface area (Å²) in [5.74, 6) is 1.43. The van der Waals surface area contributed by atoms with Gasteiger partial charge in [0.15, 0.2) is 0 Å². The Balaban J connectivity index is 2.29. The van der Waals surface area contributed by atoms with E-state index >= 15 is 0 Å². The number of aliphatic hydroxyl groups excluding tert-OH is 1. The number of carbonyl (C=O) groups is 1. The van der Waals surface area contributed by atoms with Crippen LogP contribution in [0.1, 0.15) is 30.4 Å². The molecule has 1 aliphatic heterocycles. The standard InChI is InChI=1S/C14H22N4O2/c1-5-12(19)14(20)18-7-6-10-11(8-18)15-9(2)16-13(10)17(3)4/h12,19H,5-8H2,1-4H3/t12-/m1/s1. The van der Waals surface area contributed by atoms with Crippen LogP contribution in [0, 0.1) is 6.92 Å². The van der Waals surface area contributed by atoms with Gasteiger partial charge in [-0.05, 0) is 19.8 Å². The highest BCUT2D eigenvalue weighted by atomic mass is 16.3. The maximum absolute atomic E-state index is 12.1. The van der Waals surface area contributed by atoms with Gasteiger partial charge in [-0.3, -0.25) is 4.79 Å². The van der Waals surface area contributed by atoms with Gasteiger partial charge in [-0.2, -0.15) is 0 Å². The van der Waals surface area contributed by atoms with Gasteiger partial charge in [0.25, 0.3) is 5.91 Å². The van der Waals surface area contributed by atoms with Crippen molar-refractivity contribution in [3.63, 3.8) is 0 Å². The minimum absolute atomic E-state index is 0.208. The van der Waals surface area contributed by atoms with E-state index in [4.69, 9.17) is 0 Å². The number of aryl methyl sites for hydroxylation is 1. The van der Waals surface area contributed by atoms with Crippen LogP contribution >= 0.6 is 0 Å². The number of fused-ring (bicyclic) bond motifs is 1. The lowest BCUT2D eigenvalue weighted by Crippen LogP contribution is -2.42. The summed E-state index contributed by atoms with van der Waals surface area (Å²) in [6.45, 7) is 4.72. The second-order valence-corrected chi connectivity index (χ2v) is 5.35. The Bertz CT molecular complexity index is 516. The fourth-order valence-corrected chi connectivity index (χ4v) is 2.47. The molecule has 6 nitrogen and oxygen atoms in total. The van der Waals surface area contributed by atoms with Crippen molar-refractivity contribution in [2.75, 3.05) is 25.5 Å². The molecule has 6 heteroatoms. The zero-order chi connectivity index (χ0) is 14.9. The van der Waals surface area contributed by atoms with Crippen LogP contribution < -0.4 is 4.90 Å². The van der Waals surface area contributed by atoms with E-state index in [0.717, 1.165) is 23.5 Å². The van der Waals surface area contributed by atoms with Crippen LogP contribution in [0.5, 0.6) is 0 Å². The summed E-state index contributed by atoms with van der Waals surface area (Å²) >= 11 is 0. The molecule has 1 atom stereocenters. The highest BCUT2D eigenvalue weighted by molar-refractivity contribution is 5.80. The van der Waals surface area contributed by atoms with Gasteiger partial charge in [-0.15, -0.1) is 0 Å². The predicted octanol–water partition coefficient (Wildman–Crippen LogP) is 0.507. The fourth-order valence-electron chi connectivity index (χ4n) is 2.47.